The van der Waals surface area contributed by atoms with Gasteiger partial charge >= 0.3 is 5.97 Å². The Labute approximate surface area is 88.9 Å². The van der Waals surface area contributed by atoms with Gasteiger partial charge in [0.2, 0.25) is 0 Å². The zero-order chi connectivity index (χ0) is 10.6. The number of carboxylic acids is 1. The molecule has 1 aromatic heterocycles. The van der Waals surface area contributed by atoms with Gasteiger partial charge in [-0.3, -0.25) is 0 Å². The standard InChI is InChI=1S/C8H9BrN2O3/c9-6-4-11-7(10-1-2-12)3-5(6)8(13)14/h3-4,12H,1-2H2,(H,10,11)(H,13,14). The van der Waals surface area contributed by atoms with E-state index in [0.717, 1.165) is 0 Å². The highest BCUT2D eigenvalue weighted by molar-refractivity contribution is 9.10. The van der Waals surface area contributed by atoms with E-state index in [1.165, 1.54) is 12.3 Å². The summed E-state index contributed by atoms with van der Waals surface area (Å²) in [6, 6.07) is 1.40. The van der Waals surface area contributed by atoms with Gasteiger partial charge in [0.1, 0.15) is 5.82 Å². The Balaban J connectivity index is 2.89. The van der Waals surface area contributed by atoms with Crippen molar-refractivity contribution in [1.29, 1.82) is 0 Å². The molecule has 0 saturated carbocycles. The maximum atomic E-state index is 10.7. The molecule has 76 valence electrons. The van der Waals surface area contributed by atoms with Gasteiger partial charge < -0.3 is 15.5 Å². The average Bonchev–Trinajstić information content (AvgIpc) is 2.16. The molecular weight excluding hydrogens is 252 g/mol. The van der Waals surface area contributed by atoms with E-state index in [0.29, 0.717) is 16.8 Å². The predicted molar refractivity (Wildman–Crippen MR) is 54.5 cm³/mol. The number of carbonyl (C=O) groups is 1. The second-order valence-electron chi connectivity index (χ2n) is 2.50. The molecule has 0 fully saturated rings. The van der Waals surface area contributed by atoms with Gasteiger partial charge in [-0.25, -0.2) is 9.78 Å². The smallest absolute Gasteiger partial charge is 0.337 e. The Morgan fingerprint density at radius 3 is 2.93 bits per heavy atom. The van der Waals surface area contributed by atoms with E-state index in [-0.39, 0.29) is 12.2 Å². The van der Waals surface area contributed by atoms with Crippen molar-refractivity contribution in [3.63, 3.8) is 0 Å². The minimum absolute atomic E-state index is 0.0276. The Hall–Kier alpha value is -1.14. The first-order valence-corrected chi connectivity index (χ1v) is 4.68. The van der Waals surface area contributed by atoms with E-state index in [4.69, 9.17) is 10.2 Å². The fraction of sp³-hybridized carbons (Fsp3) is 0.250. The molecule has 1 rings (SSSR count). The molecule has 1 aromatic rings. The fourth-order valence-corrected chi connectivity index (χ4v) is 1.27. The Morgan fingerprint density at radius 2 is 2.36 bits per heavy atom. The number of halogens is 1. The van der Waals surface area contributed by atoms with E-state index in [1.807, 2.05) is 0 Å². The van der Waals surface area contributed by atoms with Crippen LogP contribution in [0.4, 0.5) is 5.82 Å². The summed E-state index contributed by atoms with van der Waals surface area (Å²) in [4.78, 5) is 14.6. The molecule has 0 radical (unpaired) electrons. The number of anilines is 1. The Bertz CT molecular complexity index is 343. The molecule has 0 bridgehead atoms. The van der Waals surface area contributed by atoms with E-state index in [2.05, 4.69) is 26.2 Å². The highest BCUT2D eigenvalue weighted by Crippen LogP contribution is 2.18. The molecule has 6 heteroatoms. The molecule has 0 aliphatic carbocycles. The molecule has 0 atom stereocenters. The van der Waals surface area contributed by atoms with Gasteiger partial charge in [-0.1, -0.05) is 0 Å². The molecule has 0 aromatic carbocycles. The van der Waals surface area contributed by atoms with Crippen LogP contribution < -0.4 is 5.32 Å². The number of nitrogens with zero attached hydrogens (tertiary/aromatic N) is 1. The highest BCUT2D eigenvalue weighted by Gasteiger charge is 2.09. The first-order valence-electron chi connectivity index (χ1n) is 3.88. The number of pyridine rings is 1. The third kappa shape index (κ3) is 2.68. The summed E-state index contributed by atoms with van der Waals surface area (Å²) < 4.78 is 0.430. The number of hydrogen-bond acceptors (Lipinski definition) is 4. The minimum atomic E-state index is -1.02. The number of aromatic carboxylic acids is 1. The van der Waals surface area contributed by atoms with Crippen molar-refractivity contribution in [3.8, 4) is 0 Å². The minimum Gasteiger partial charge on any atom is -0.478 e. The number of aliphatic hydroxyl groups is 1. The number of hydrogen-bond donors (Lipinski definition) is 3. The van der Waals surface area contributed by atoms with E-state index >= 15 is 0 Å². The van der Waals surface area contributed by atoms with Crippen molar-refractivity contribution < 1.29 is 15.0 Å². The van der Waals surface area contributed by atoms with Crippen LogP contribution in [0.2, 0.25) is 0 Å². The summed E-state index contributed by atoms with van der Waals surface area (Å²) in [6.07, 6.45) is 1.41. The first kappa shape index (κ1) is 10.9. The van der Waals surface area contributed by atoms with E-state index in [9.17, 15) is 4.79 Å². The molecule has 0 aliphatic rings. The Morgan fingerprint density at radius 1 is 1.64 bits per heavy atom. The normalized spacial score (nSPS) is 9.86. The number of aliphatic hydroxyl groups excluding tert-OH is 1. The average molecular weight is 261 g/mol. The van der Waals surface area contributed by atoms with E-state index < -0.39 is 5.97 Å². The van der Waals surface area contributed by atoms with Gasteiger partial charge in [-0.2, -0.15) is 0 Å². The molecule has 3 N–H and O–H groups in total. The quantitative estimate of drug-likeness (QED) is 0.751. The van der Waals surface area contributed by atoms with Crippen molar-refractivity contribution >= 4 is 27.7 Å². The summed E-state index contributed by atoms with van der Waals surface area (Å²) in [7, 11) is 0. The zero-order valence-corrected chi connectivity index (χ0v) is 8.78. The molecule has 1 heterocycles. The summed E-state index contributed by atoms with van der Waals surface area (Å²) >= 11 is 3.08. The van der Waals surface area contributed by atoms with Crippen LogP contribution in [-0.4, -0.2) is 34.3 Å². The van der Waals surface area contributed by atoms with Crippen LogP contribution in [0.1, 0.15) is 10.4 Å². The first-order chi connectivity index (χ1) is 6.65. The van der Waals surface area contributed by atoms with Crippen LogP contribution in [-0.2, 0) is 0 Å². The lowest BCUT2D eigenvalue weighted by molar-refractivity contribution is 0.0696. The predicted octanol–water partition coefficient (Wildman–Crippen LogP) is 0.946. The second-order valence-corrected chi connectivity index (χ2v) is 3.36. The van der Waals surface area contributed by atoms with Crippen LogP contribution in [0, 0.1) is 0 Å². The van der Waals surface area contributed by atoms with Gasteiger partial charge in [-0.15, -0.1) is 0 Å². The fourth-order valence-electron chi connectivity index (χ4n) is 0.883. The molecule has 14 heavy (non-hydrogen) atoms. The lowest BCUT2D eigenvalue weighted by Crippen LogP contribution is -2.08. The molecule has 0 aliphatic heterocycles. The number of aromatic nitrogens is 1. The molecule has 0 spiro atoms. The zero-order valence-electron chi connectivity index (χ0n) is 7.20. The van der Waals surface area contributed by atoms with Gasteiger partial charge in [-0.05, 0) is 22.0 Å². The van der Waals surface area contributed by atoms with Gasteiger partial charge in [0.05, 0.1) is 16.6 Å². The van der Waals surface area contributed by atoms with Gasteiger partial charge in [0.15, 0.2) is 0 Å². The van der Waals surface area contributed by atoms with Crippen molar-refractivity contribution in [2.45, 2.75) is 0 Å². The molecule has 0 amide bonds. The van der Waals surface area contributed by atoms with Crippen LogP contribution in [0.5, 0.6) is 0 Å². The van der Waals surface area contributed by atoms with Gasteiger partial charge in [0, 0.05) is 12.7 Å². The van der Waals surface area contributed by atoms with Crippen molar-refractivity contribution in [2.75, 3.05) is 18.5 Å². The largest absolute Gasteiger partial charge is 0.478 e. The number of nitrogens with one attached hydrogen (secondary N) is 1. The van der Waals surface area contributed by atoms with Crippen molar-refractivity contribution in [1.82, 2.24) is 4.98 Å². The summed E-state index contributed by atoms with van der Waals surface area (Å²) in [5.74, 6) is -0.592. The SMILES string of the molecule is O=C(O)c1cc(NCCO)ncc1Br. The lowest BCUT2D eigenvalue weighted by atomic mass is 10.2. The Kier molecular flexibility index (Phi) is 3.84. The van der Waals surface area contributed by atoms with Crippen LogP contribution in [0.15, 0.2) is 16.7 Å². The maximum absolute atomic E-state index is 10.7. The van der Waals surface area contributed by atoms with Crippen molar-refractivity contribution in [2.24, 2.45) is 0 Å². The second kappa shape index (κ2) is 4.92. The third-order valence-corrected chi connectivity index (χ3v) is 2.14. The number of rotatable bonds is 4. The van der Waals surface area contributed by atoms with Crippen LogP contribution >= 0.6 is 15.9 Å². The summed E-state index contributed by atoms with van der Waals surface area (Å²) in [6.45, 7) is 0.313. The number of carboxylic acid groups (broad SMARTS) is 1. The van der Waals surface area contributed by atoms with Crippen LogP contribution in [0.25, 0.3) is 0 Å². The summed E-state index contributed by atoms with van der Waals surface area (Å²) in [5, 5.41) is 20.1. The molecule has 0 saturated heterocycles. The summed E-state index contributed by atoms with van der Waals surface area (Å²) in [5.41, 5.74) is 0.139. The lowest BCUT2D eigenvalue weighted by Gasteiger charge is -2.05. The highest BCUT2D eigenvalue weighted by atomic mass is 79.9. The topological polar surface area (TPSA) is 82.5 Å². The van der Waals surface area contributed by atoms with Crippen LogP contribution in [0.3, 0.4) is 0 Å². The monoisotopic (exact) mass is 260 g/mol. The molecule has 0 unspecified atom stereocenters. The van der Waals surface area contributed by atoms with E-state index in [1.54, 1.807) is 0 Å². The van der Waals surface area contributed by atoms with Gasteiger partial charge in [0.25, 0.3) is 0 Å². The van der Waals surface area contributed by atoms with Crippen molar-refractivity contribution in [3.05, 3.63) is 22.3 Å². The molecular formula is C8H9BrN2O3. The molecule has 5 nitrogen and oxygen atoms in total. The third-order valence-electron chi connectivity index (χ3n) is 1.50. The maximum Gasteiger partial charge on any atom is 0.337 e.